The average Bonchev–Trinajstić information content (AvgIpc) is 2.33. The molecule has 0 heterocycles. The fourth-order valence-corrected chi connectivity index (χ4v) is 1.36. The van der Waals surface area contributed by atoms with Crippen molar-refractivity contribution < 1.29 is 14.6 Å². The van der Waals surface area contributed by atoms with Crippen LogP contribution in [0.5, 0.6) is 0 Å². The zero-order valence-electron chi connectivity index (χ0n) is 10.1. The number of aliphatic hydroxyl groups is 1. The van der Waals surface area contributed by atoms with Crippen LogP contribution in [-0.2, 0) is 16.0 Å². The fraction of sp³-hybridized carbons (Fsp3) is 0.462. The number of anilines is 1. The van der Waals surface area contributed by atoms with E-state index in [0.717, 1.165) is 5.56 Å². The summed E-state index contributed by atoms with van der Waals surface area (Å²) >= 11 is 0. The lowest BCUT2D eigenvalue weighted by Crippen LogP contribution is -2.14. The van der Waals surface area contributed by atoms with Crippen LogP contribution in [-0.4, -0.2) is 24.3 Å². The van der Waals surface area contributed by atoms with E-state index in [2.05, 4.69) is 0 Å². The molecule has 3 N–H and O–H groups in total. The minimum atomic E-state index is -0.243. The first kappa shape index (κ1) is 13.5. The van der Waals surface area contributed by atoms with E-state index in [-0.39, 0.29) is 25.1 Å². The Morgan fingerprint density at radius 2 is 2.29 bits per heavy atom. The van der Waals surface area contributed by atoms with Gasteiger partial charge in [0, 0.05) is 24.6 Å². The topological polar surface area (TPSA) is 72.5 Å². The number of hydrogen-bond acceptors (Lipinski definition) is 4. The van der Waals surface area contributed by atoms with Crippen LogP contribution in [0.1, 0.15) is 18.9 Å². The standard InChI is InChI=1S/C13H19NO3/c1-10(8-15)9-17-13(16)6-5-11-3-2-4-12(14)7-11/h2-4,7,10,15H,5-6,8-9,14H2,1H3. The SMILES string of the molecule is CC(CO)COC(=O)CCc1cccc(N)c1. The molecule has 1 rings (SSSR count). The smallest absolute Gasteiger partial charge is 0.306 e. The van der Waals surface area contributed by atoms with Gasteiger partial charge in [0.2, 0.25) is 0 Å². The van der Waals surface area contributed by atoms with Crippen LogP contribution in [0, 0.1) is 5.92 Å². The van der Waals surface area contributed by atoms with Crippen LogP contribution in [0.3, 0.4) is 0 Å². The van der Waals surface area contributed by atoms with Gasteiger partial charge in [0.1, 0.15) is 0 Å². The van der Waals surface area contributed by atoms with E-state index < -0.39 is 0 Å². The Kier molecular flexibility index (Phi) is 5.49. The summed E-state index contributed by atoms with van der Waals surface area (Å²) in [6, 6.07) is 7.46. The van der Waals surface area contributed by atoms with Crippen LogP contribution < -0.4 is 5.73 Å². The third-order valence-corrected chi connectivity index (χ3v) is 2.41. The molecule has 0 bridgehead atoms. The molecule has 0 aromatic heterocycles. The first-order valence-corrected chi connectivity index (χ1v) is 5.72. The lowest BCUT2D eigenvalue weighted by atomic mass is 10.1. The Labute approximate surface area is 101 Å². The van der Waals surface area contributed by atoms with Gasteiger partial charge in [0.15, 0.2) is 0 Å². The number of benzene rings is 1. The predicted molar refractivity (Wildman–Crippen MR) is 66.4 cm³/mol. The molecule has 0 aliphatic carbocycles. The van der Waals surface area contributed by atoms with Gasteiger partial charge in [0.05, 0.1) is 6.61 Å². The van der Waals surface area contributed by atoms with E-state index in [1.807, 2.05) is 31.2 Å². The maximum absolute atomic E-state index is 11.4. The molecule has 4 heteroatoms. The fourth-order valence-electron chi connectivity index (χ4n) is 1.36. The van der Waals surface area contributed by atoms with Gasteiger partial charge < -0.3 is 15.6 Å². The molecule has 0 aliphatic rings. The number of aryl methyl sites for hydroxylation is 1. The molecule has 4 nitrogen and oxygen atoms in total. The lowest BCUT2D eigenvalue weighted by molar-refractivity contribution is -0.145. The molecule has 0 radical (unpaired) electrons. The van der Waals surface area contributed by atoms with Gasteiger partial charge in [-0.25, -0.2) is 0 Å². The largest absolute Gasteiger partial charge is 0.465 e. The minimum Gasteiger partial charge on any atom is -0.465 e. The third-order valence-electron chi connectivity index (χ3n) is 2.41. The summed E-state index contributed by atoms with van der Waals surface area (Å²) in [4.78, 5) is 11.4. The lowest BCUT2D eigenvalue weighted by Gasteiger charge is -2.09. The number of aliphatic hydroxyl groups excluding tert-OH is 1. The van der Waals surface area contributed by atoms with Crippen molar-refractivity contribution in [2.45, 2.75) is 19.8 Å². The van der Waals surface area contributed by atoms with Gasteiger partial charge in [-0.1, -0.05) is 19.1 Å². The molecular weight excluding hydrogens is 218 g/mol. The van der Waals surface area contributed by atoms with Crippen molar-refractivity contribution in [2.75, 3.05) is 18.9 Å². The number of nitrogen functional groups attached to an aromatic ring is 1. The molecule has 1 atom stereocenters. The maximum Gasteiger partial charge on any atom is 0.306 e. The molecule has 1 aromatic carbocycles. The highest BCUT2D eigenvalue weighted by atomic mass is 16.5. The van der Waals surface area contributed by atoms with Crippen molar-refractivity contribution in [3.63, 3.8) is 0 Å². The Hall–Kier alpha value is -1.55. The molecule has 0 amide bonds. The summed E-state index contributed by atoms with van der Waals surface area (Å²) in [5, 5.41) is 8.78. The van der Waals surface area contributed by atoms with E-state index in [9.17, 15) is 4.79 Å². The van der Waals surface area contributed by atoms with Crippen molar-refractivity contribution in [2.24, 2.45) is 5.92 Å². The second kappa shape index (κ2) is 6.91. The molecule has 1 unspecified atom stereocenters. The van der Waals surface area contributed by atoms with Crippen molar-refractivity contribution in [1.82, 2.24) is 0 Å². The number of carbonyl (C=O) groups excluding carboxylic acids is 1. The van der Waals surface area contributed by atoms with Crippen molar-refractivity contribution in [3.05, 3.63) is 29.8 Å². The summed E-state index contributed by atoms with van der Waals surface area (Å²) in [6.07, 6.45) is 0.957. The van der Waals surface area contributed by atoms with Gasteiger partial charge in [-0.15, -0.1) is 0 Å². The van der Waals surface area contributed by atoms with E-state index in [1.54, 1.807) is 0 Å². The average molecular weight is 237 g/mol. The van der Waals surface area contributed by atoms with Crippen LogP contribution in [0.4, 0.5) is 5.69 Å². The Balaban J connectivity index is 2.28. The molecule has 0 spiro atoms. The van der Waals surface area contributed by atoms with Crippen LogP contribution in [0.2, 0.25) is 0 Å². The number of esters is 1. The molecule has 0 saturated carbocycles. The van der Waals surface area contributed by atoms with E-state index in [1.165, 1.54) is 0 Å². The second-order valence-corrected chi connectivity index (χ2v) is 4.22. The Morgan fingerprint density at radius 1 is 1.53 bits per heavy atom. The molecule has 94 valence electrons. The minimum absolute atomic E-state index is 0.00804. The highest BCUT2D eigenvalue weighted by Crippen LogP contribution is 2.09. The summed E-state index contributed by atoms with van der Waals surface area (Å²) in [7, 11) is 0. The monoisotopic (exact) mass is 237 g/mol. The van der Waals surface area contributed by atoms with E-state index in [4.69, 9.17) is 15.6 Å². The molecule has 1 aromatic rings. The van der Waals surface area contributed by atoms with Gasteiger partial charge in [-0.3, -0.25) is 4.79 Å². The third kappa shape index (κ3) is 5.36. The van der Waals surface area contributed by atoms with Gasteiger partial charge >= 0.3 is 5.97 Å². The number of carbonyl (C=O) groups is 1. The maximum atomic E-state index is 11.4. The number of nitrogens with two attached hydrogens (primary N) is 1. The number of rotatable bonds is 6. The van der Waals surface area contributed by atoms with Crippen LogP contribution in [0.15, 0.2) is 24.3 Å². The van der Waals surface area contributed by atoms with Crippen LogP contribution >= 0.6 is 0 Å². The Morgan fingerprint density at radius 3 is 2.94 bits per heavy atom. The zero-order valence-corrected chi connectivity index (χ0v) is 10.1. The molecular formula is C13H19NO3. The number of hydrogen-bond donors (Lipinski definition) is 2. The molecule has 0 fully saturated rings. The van der Waals surface area contributed by atoms with Crippen molar-refractivity contribution in [3.8, 4) is 0 Å². The summed E-state index contributed by atoms with van der Waals surface area (Å²) in [5.74, 6) is -0.251. The summed E-state index contributed by atoms with van der Waals surface area (Å²) in [5.41, 5.74) is 7.36. The first-order valence-electron chi connectivity index (χ1n) is 5.72. The van der Waals surface area contributed by atoms with Crippen molar-refractivity contribution in [1.29, 1.82) is 0 Å². The van der Waals surface area contributed by atoms with Crippen molar-refractivity contribution >= 4 is 11.7 Å². The quantitative estimate of drug-likeness (QED) is 0.579. The molecule has 17 heavy (non-hydrogen) atoms. The first-order chi connectivity index (χ1) is 8.11. The molecule has 0 saturated heterocycles. The number of ether oxygens (including phenoxy) is 1. The predicted octanol–water partition coefficient (Wildman–Crippen LogP) is 1.37. The van der Waals surface area contributed by atoms with Crippen LogP contribution in [0.25, 0.3) is 0 Å². The summed E-state index contributed by atoms with van der Waals surface area (Å²) < 4.78 is 5.02. The normalized spacial score (nSPS) is 12.1. The molecule has 0 aliphatic heterocycles. The van der Waals surface area contributed by atoms with Gasteiger partial charge in [-0.05, 0) is 24.1 Å². The highest BCUT2D eigenvalue weighted by Gasteiger charge is 2.07. The van der Waals surface area contributed by atoms with E-state index >= 15 is 0 Å². The zero-order chi connectivity index (χ0) is 12.7. The summed E-state index contributed by atoms with van der Waals surface area (Å²) in [6.45, 7) is 2.12. The van der Waals surface area contributed by atoms with Gasteiger partial charge in [0.25, 0.3) is 0 Å². The van der Waals surface area contributed by atoms with Gasteiger partial charge in [-0.2, -0.15) is 0 Å². The highest BCUT2D eigenvalue weighted by molar-refractivity contribution is 5.69. The second-order valence-electron chi connectivity index (χ2n) is 4.22. The van der Waals surface area contributed by atoms with E-state index in [0.29, 0.717) is 18.5 Å². The Bertz CT molecular complexity index is 365.